The number of ether oxygens (including phenoxy) is 1. The number of hydrogen-bond acceptors (Lipinski definition) is 2. The maximum Gasteiger partial charge on any atom is 0.122 e. The molecule has 0 aliphatic carbocycles. The fourth-order valence-electron chi connectivity index (χ4n) is 1.34. The highest BCUT2D eigenvalue weighted by molar-refractivity contribution is 9.10. The molecule has 0 saturated carbocycles. The second-order valence-corrected chi connectivity index (χ2v) is 4.12. The van der Waals surface area contributed by atoms with Crippen molar-refractivity contribution in [1.29, 1.82) is 0 Å². The number of nitrogens with one attached hydrogen (secondary N) is 1. The van der Waals surface area contributed by atoms with E-state index in [1.54, 1.807) is 7.11 Å². The van der Waals surface area contributed by atoms with E-state index in [4.69, 9.17) is 4.74 Å². The fourth-order valence-corrected chi connectivity index (χ4v) is 1.73. The van der Waals surface area contributed by atoms with Crippen molar-refractivity contribution in [3.05, 3.63) is 27.7 Å². The van der Waals surface area contributed by atoms with Gasteiger partial charge in [0, 0.05) is 4.47 Å². The van der Waals surface area contributed by atoms with Gasteiger partial charge in [0.1, 0.15) is 5.75 Å². The topological polar surface area (TPSA) is 21.3 Å². The maximum atomic E-state index is 5.33. The third kappa shape index (κ3) is 2.72. The Hall–Kier alpha value is -0.540. The summed E-state index contributed by atoms with van der Waals surface area (Å²) in [5.74, 6) is 0.973. The molecule has 0 spiro atoms. The molecule has 0 bridgehead atoms. The van der Waals surface area contributed by atoms with Crippen LogP contribution in [0.1, 0.15) is 11.1 Å². The second kappa shape index (κ2) is 5.37. The highest BCUT2D eigenvalue weighted by Gasteiger charge is 2.05. The average molecular weight is 258 g/mol. The molecule has 78 valence electrons. The van der Waals surface area contributed by atoms with Gasteiger partial charge < -0.3 is 10.1 Å². The smallest absolute Gasteiger partial charge is 0.122 e. The number of aryl methyl sites for hydroxylation is 1. The first-order chi connectivity index (χ1) is 6.69. The summed E-state index contributed by atoms with van der Waals surface area (Å²) in [6, 6.07) is 4.20. The van der Waals surface area contributed by atoms with Crippen LogP contribution in [0.15, 0.2) is 16.6 Å². The van der Waals surface area contributed by atoms with Gasteiger partial charge in [0.25, 0.3) is 0 Å². The molecule has 0 unspecified atom stereocenters. The molecule has 0 atom stereocenters. The van der Waals surface area contributed by atoms with Crippen LogP contribution in [-0.2, 0) is 6.42 Å². The van der Waals surface area contributed by atoms with Gasteiger partial charge in [-0.15, -0.1) is 0 Å². The van der Waals surface area contributed by atoms with Gasteiger partial charge in [-0.2, -0.15) is 0 Å². The third-order valence-electron chi connectivity index (χ3n) is 2.21. The van der Waals surface area contributed by atoms with Crippen LogP contribution in [-0.4, -0.2) is 20.7 Å². The normalized spacial score (nSPS) is 10.3. The summed E-state index contributed by atoms with van der Waals surface area (Å²) in [4.78, 5) is 0. The van der Waals surface area contributed by atoms with Crippen molar-refractivity contribution in [3.63, 3.8) is 0 Å². The Labute approximate surface area is 93.8 Å². The Bertz CT molecular complexity index is 312. The van der Waals surface area contributed by atoms with Gasteiger partial charge in [-0.05, 0) is 50.2 Å². The van der Waals surface area contributed by atoms with E-state index in [2.05, 4.69) is 40.3 Å². The SMILES string of the molecule is CNCCc1cc(Br)c(C)cc1OC. The number of halogens is 1. The summed E-state index contributed by atoms with van der Waals surface area (Å²) in [5, 5.41) is 3.13. The first-order valence-electron chi connectivity index (χ1n) is 4.66. The molecule has 1 rings (SSSR count). The molecule has 2 nitrogen and oxygen atoms in total. The van der Waals surface area contributed by atoms with E-state index in [1.165, 1.54) is 11.1 Å². The molecule has 0 radical (unpaired) electrons. The lowest BCUT2D eigenvalue weighted by Gasteiger charge is -2.10. The molecule has 14 heavy (non-hydrogen) atoms. The van der Waals surface area contributed by atoms with E-state index in [1.807, 2.05) is 7.05 Å². The minimum Gasteiger partial charge on any atom is -0.496 e. The van der Waals surface area contributed by atoms with Crippen molar-refractivity contribution in [2.45, 2.75) is 13.3 Å². The summed E-state index contributed by atoms with van der Waals surface area (Å²) in [6.45, 7) is 3.03. The molecule has 0 aromatic heterocycles. The number of methoxy groups -OCH3 is 1. The van der Waals surface area contributed by atoms with Crippen molar-refractivity contribution < 1.29 is 4.74 Å². The molecule has 1 N–H and O–H groups in total. The summed E-state index contributed by atoms with van der Waals surface area (Å²) in [6.07, 6.45) is 0.985. The largest absolute Gasteiger partial charge is 0.496 e. The molecule has 0 fully saturated rings. The lowest BCUT2D eigenvalue weighted by Crippen LogP contribution is -2.11. The molecular formula is C11H16BrNO. The minimum atomic E-state index is 0.964. The van der Waals surface area contributed by atoms with Crippen LogP contribution in [0.25, 0.3) is 0 Å². The van der Waals surface area contributed by atoms with Crippen LogP contribution < -0.4 is 10.1 Å². The van der Waals surface area contributed by atoms with Gasteiger partial charge in [0.15, 0.2) is 0 Å². The van der Waals surface area contributed by atoms with Crippen LogP contribution in [0.3, 0.4) is 0 Å². The molecule has 1 aromatic rings. The van der Waals surface area contributed by atoms with Gasteiger partial charge in [-0.3, -0.25) is 0 Å². The van der Waals surface area contributed by atoms with Crippen molar-refractivity contribution >= 4 is 15.9 Å². The Morgan fingerprint density at radius 1 is 1.43 bits per heavy atom. The zero-order valence-electron chi connectivity index (χ0n) is 8.86. The monoisotopic (exact) mass is 257 g/mol. The second-order valence-electron chi connectivity index (χ2n) is 3.27. The zero-order valence-corrected chi connectivity index (χ0v) is 10.4. The first-order valence-corrected chi connectivity index (χ1v) is 5.46. The van der Waals surface area contributed by atoms with Crippen molar-refractivity contribution in [3.8, 4) is 5.75 Å². The van der Waals surface area contributed by atoms with E-state index in [9.17, 15) is 0 Å². The number of benzene rings is 1. The highest BCUT2D eigenvalue weighted by Crippen LogP contribution is 2.26. The van der Waals surface area contributed by atoms with Gasteiger partial charge in [-0.25, -0.2) is 0 Å². The average Bonchev–Trinajstić information content (AvgIpc) is 2.19. The Kier molecular flexibility index (Phi) is 4.42. The molecule has 0 heterocycles. The highest BCUT2D eigenvalue weighted by atomic mass is 79.9. The standard InChI is InChI=1S/C11H16BrNO/c1-8-6-11(14-3)9(4-5-13-2)7-10(8)12/h6-7,13H,4-5H2,1-3H3. The maximum absolute atomic E-state index is 5.33. The van der Waals surface area contributed by atoms with E-state index in [0.29, 0.717) is 0 Å². The molecular weight excluding hydrogens is 242 g/mol. The number of hydrogen-bond donors (Lipinski definition) is 1. The number of likely N-dealkylation sites (N-methyl/N-ethyl adjacent to an activating group) is 1. The van der Waals surface area contributed by atoms with Crippen LogP contribution in [0.5, 0.6) is 5.75 Å². The van der Waals surface area contributed by atoms with Crippen molar-refractivity contribution in [2.75, 3.05) is 20.7 Å². The predicted molar refractivity (Wildman–Crippen MR) is 63.1 cm³/mol. The van der Waals surface area contributed by atoms with Gasteiger partial charge >= 0.3 is 0 Å². The third-order valence-corrected chi connectivity index (χ3v) is 3.06. The zero-order chi connectivity index (χ0) is 10.6. The van der Waals surface area contributed by atoms with Crippen LogP contribution in [0.4, 0.5) is 0 Å². The Morgan fingerprint density at radius 2 is 2.14 bits per heavy atom. The van der Waals surface area contributed by atoms with Gasteiger partial charge in [0.2, 0.25) is 0 Å². The van der Waals surface area contributed by atoms with E-state index < -0.39 is 0 Å². The molecule has 3 heteroatoms. The Morgan fingerprint density at radius 3 is 2.71 bits per heavy atom. The minimum absolute atomic E-state index is 0.964. The summed E-state index contributed by atoms with van der Waals surface area (Å²) in [5.41, 5.74) is 2.44. The van der Waals surface area contributed by atoms with Gasteiger partial charge in [0.05, 0.1) is 7.11 Å². The van der Waals surface area contributed by atoms with E-state index >= 15 is 0 Å². The van der Waals surface area contributed by atoms with Crippen LogP contribution in [0.2, 0.25) is 0 Å². The van der Waals surface area contributed by atoms with E-state index in [0.717, 1.165) is 23.2 Å². The number of rotatable bonds is 4. The molecule has 0 aliphatic rings. The predicted octanol–water partition coefficient (Wildman–Crippen LogP) is 2.53. The van der Waals surface area contributed by atoms with Crippen LogP contribution >= 0.6 is 15.9 Å². The van der Waals surface area contributed by atoms with Gasteiger partial charge in [-0.1, -0.05) is 15.9 Å². The summed E-state index contributed by atoms with van der Waals surface area (Å²) in [7, 11) is 3.67. The summed E-state index contributed by atoms with van der Waals surface area (Å²) < 4.78 is 6.47. The molecule has 0 saturated heterocycles. The first kappa shape index (κ1) is 11.5. The van der Waals surface area contributed by atoms with Crippen molar-refractivity contribution in [1.82, 2.24) is 5.32 Å². The molecule has 1 aromatic carbocycles. The fraction of sp³-hybridized carbons (Fsp3) is 0.455. The van der Waals surface area contributed by atoms with E-state index in [-0.39, 0.29) is 0 Å². The molecule has 0 amide bonds. The van der Waals surface area contributed by atoms with Crippen LogP contribution in [0, 0.1) is 6.92 Å². The molecule has 0 aliphatic heterocycles. The van der Waals surface area contributed by atoms with Crippen molar-refractivity contribution in [2.24, 2.45) is 0 Å². The summed E-state index contributed by atoms with van der Waals surface area (Å²) >= 11 is 3.53. The quantitative estimate of drug-likeness (QED) is 0.896. The lowest BCUT2D eigenvalue weighted by atomic mass is 10.1. The Balaban J connectivity index is 2.95. The lowest BCUT2D eigenvalue weighted by molar-refractivity contribution is 0.409.